The van der Waals surface area contributed by atoms with Crippen molar-refractivity contribution in [1.29, 1.82) is 0 Å². The summed E-state index contributed by atoms with van der Waals surface area (Å²) in [6, 6.07) is 0. The van der Waals surface area contributed by atoms with Gasteiger partial charge in [0.15, 0.2) is 0 Å². The van der Waals surface area contributed by atoms with Gasteiger partial charge in [-0.25, -0.2) is 0 Å². The highest BCUT2D eigenvalue weighted by Crippen LogP contribution is 2.06. The molecular weight excluding hydrogens is 191 g/mol. The summed E-state index contributed by atoms with van der Waals surface area (Å²) in [4.78, 5) is 10.2. The van der Waals surface area contributed by atoms with Crippen LogP contribution in [-0.4, -0.2) is 22.6 Å². The van der Waals surface area contributed by atoms with Gasteiger partial charge >= 0.3 is 0 Å². The molecule has 0 aromatic rings. The van der Waals surface area contributed by atoms with Crippen LogP contribution in [0.15, 0.2) is 0 Å². The van der Waals surface area contributed by atoms with E-state index >= 15 is 0 Å². The second kappa shape index (κ2) is 7.70. The van der Waals surface area contributed by atoms with Gasteiger partial charge in [-0.15, -0.1) is 11.6 Å². The Morgan fingerprint density at radius 1 is 1.40 bits per heavy atom. The second-order valence-corrected chi connectivity index (χ2v) is 3.78. The third-order valence-corrected chi connectivity index (χ3v) is 2.39. The number of rotatable bonds is 6. The molecule has 0 aliphatic carbocycles. The lowest BCUT2D eigenvalue weighted by Gasteiger charge is -1.94. The molecular formula is C6H10Cl2OS. The Balaban J connectivity index is 2.84. The number of hydrogen-bond donors (Lipinski definition) is 0. The monoisotopic (exact) mass is 200 g/mol. The topological polar surface area (TPSA) is 17.1 Å². The maximum atomic E-state index is 10.2. The zero-order chi connectivity index (χ0) is 7.82. The van der Waals surface area contributed by atoms with Crippen LogP contribution in [0.3, 0.4) is 0 Å². The van der Waals surface area contributed by atoms with Gasteiger partial charge in [0.25, 0.3) is 0 Å². The SMILES string of the molecule is O=C(Cl)CCSCCCCl. The summed E-state index contributed by atoms with van der Waals surface area (Å²) in [5.41, 5.74) is 0. The third kappa shape index (κ3) is 8.60. The number of alkyl halides is 1. The molecule has 0 aromatic carbocycles. The van der Waals surface area contributed by atoms with Crippen LogP contribution < -0.4 is 0 Å². The number of halogens is 2. The largest absolute Gasteiger partial charge is 0.281 e. The van der Waals surface area contributed by atoms with E-state index in [0.29, 0.717) is 12.3 Å². The van der Waals surface area contributed by atoms with Gasteiger partial charge in [-0.2, -0.15) is 11.8 Å². The standard InChI is InChI=1S/C6H10Cl2OS/c7-3-1-4-10-5-2-6(8)9/h1-5H2. The number of carbonyl (C=O) groups excluding carboxylic acids is 1. The molecule has 0 saturated heterocycles. The Morgan fingerprint density at radius 3 is 2.60 bits per heavy atom. The number of carbonyl (C=O) groups is 1. The first-order valence-corrected chi connectivity index (χ1v) is 5.16. The normalized spacial score (nSPS) is 9.80. The average Bonchev–Trinajstić information content (AvgIpc) is 1.87. The van der Waals surface area contributed by atoms with Gasteiger partial charge in [-0.3, -0.25) is 4.79 Å². The fraction of sp³-hybridized carbons (Fsp3) is 0.833. The Morgan fingerprint density at radius 2 is 2.10 bits per heavy atom. The molecule has 1 nitrogen and oxygen atoms in total. The zero-order valence-corrected chi connectivity index (χ0v) is 7.94. The van der Waals surface area contributed by atoms with Crippen molar-refractivity contribution in [1.82, 2.24) is 0 Å². The van der Waals surface area contributed by atoms with E-state index in [0.717, 1.165) is 17.9 Å². The molecule has 0 atom stereocenters. The van der Waals surface area contributed by atoms with Crippen molar-refractivity contribution in [2.75, 3.05) is 17.4 Å². The molecule has 0 aliphatic heterocycles. The Hall–Kier alpha value is 0.600. The van der Waals surface area contributed by atoms with Gasteiger partial charge < -0.3 is 0 Å². The number of hydrogen-bond acceptors (Lipinski definition) is 2. The molecule has 0 rings (SSSR count). The third-order valence-electron chi connectivity index (χ3n) is 0.865. The van der Waals surface area contributed by atoms with Crippen molar-refractivity contribution in [3.05, 3.63) is 0 Å². The van der Waals surface area contributed by atoms with Crippen LogP contribution in [0.5, 0.6) is 0 Å². The molecule has 60 valence electrons. The molecule has 0 radical (unpaired) electrons. The van der Waals surface area contributed by atoms with Gasteiger partial charge in [-0.1, -0.05) is 0 Å². The predicted molar refractivity (Wildman–Crippen MR) is 48.1 cm³/mol. The first-order valence-electron chi connectivity index (χ1n) is 3.09. The molecule has 0 N–H and O–H groups in total. The summed E-state index contributed by atoms with van der Waals surface area (Å²) in [6.45, 7) is 0. The van der Waals surface area contributed by atoms with Crippen LogP contribution in [0.4, 0.5) is 0 Å². The highest BCUT2D eigenvalue weighted by atomic mass is 35.5. The van der Waals surface area contributed by atoms with E-state index in [9.17, 15) is 4.79 Å². The highest BCUT2D eigenvalue weighted by molar-refractivity contribution is 7.99. The van der Waals surface area contributed by atoms with Crippen LogP contribution in [0.2, 0.25) is 0 Å². The maximum Gasteiger partial charge on any atom is 0.222 e. The van der Waals surface area contributed by atoms with Gasteiger partial charge in [0.05, 0.1) is 0 Å². The zero-order valence-electron chi connectivity index (χ0n) is 5.61. The summed E-state index contributed by atoms with van der Waals surface area (Å²) in [5.74, 6) is 2.54. The maximum absolute atomic E-state index is 10.2. The summed E-state index contributed by atoms with van der Waals surface area (Å²) in [5, 5.41) is -0.252. The fourth-order valence-corrected chi connectivity index (χ4v) is 1.79. The molecule has 0 fully saturated rings. The van der Waals surface area contributed by atoms with Crippen LogP contribution in [0.1, 0.15) is 12.8 Å². The van der Waals surface area contributed by atoms with E-state index in [1.807, 2.05) is 0 Å². The minimum Gasteiger partial charge on any atom is -0.281 e. The van der Waals surface area contributed by atoms with Crippen molar-refractivity contribution < 1.29 is 4.79 Å². The highest BCUT2D eigenvalue weighted by Gasteiger charge is 1.94. The Kier molecular flexibility index (Phi) is 8.17. The van der Waals surface area contributed by atoms with Crippen LogP contribution >= 0.6 is 35.0 Å². The fourth-order valence-electron chi connectivity index (χ4n) is 0.411. The van der Waals surface area contributed by atoms with Crippen molar-refractivity contribution in [3.63, 3.8) is 0 Å². The Bertz CT molecular complexity index is 97.7. The van der Waals surface area contributed by atoms with Gasteiger partial charge in [-0.05, 0) is 23.8 Å². The van der Waals surface area contributed by atoms with Gasteiger partial charge in [0, 0.05) is 18.1 Å². The molecule has 10 heavy (non-hydrogen) atoms. The van der Waals surface area contributed by atoms with Crippen LogP contribution in [0.25, 0.3) is 0 Å². The number of thioether (sulfide) groups is 1. The van der Waals surface area contributed by atoms with Crippen LogP contribution in [0, 0.1) is 0 Å². The molecule has 0 heterocycles. The minimum absolute atomic E-state index is 0.252. The second-order valence-electron chi connectivity index (χ2n) is 1.76. The molecule has 0 spiro atoms. The van der Waals surface area contributed by atoms with Crippen molar-refractivity contribution >= 4 is 40.2 Å². The van der Waals surface area contributed by atoms with Crippen molar-refractivity contribution in [2.45, 2.75) is 12.8 Å². The van der Waals surface area contributed by atoms with E-state index < -0.39 is 0 Å². The lowest BCUT2D eigenvalue weighted by molar-refractivity contribution is -0.111. The van der Waals surface area contributed by atoms with Gasteiger partial charge in [0.2, 0.25) is 5.24 Å². The Labute approximate surface area is 75.5 Å². The first-order chi connectivity index (χ1) is 4.77. The quantitative estimate of drug-likeness (QED) is 0.373. The summed E-state index contributed by atoms with van der Waals surface area (Å²) >= 11 is 12.3. The molecule has 0 unspecified atom stereocenters. The van der Waals surface area contributed by atoms with E-state index in [1.165, 1.54) is 0 Å². The summed E-state index contributed by atoms with van der Waals surface area (Å²) in [7, 11) is 0. The van der Waals surface area contributed by atoms with Gasteiger partial charge in [0.1, 0.15) is 0 Å². The molecule has 4 heteroatoms. The molecule has 0 aliphatic rings. The van der Waals surface area contributed by atoms with E-state index in [1.54, 1.807) is 11.8 Å². The summed E-state index contributed by atoms with van der Waals surface area (Å²) < 4.78 is 0. The van der Waals surface area contributed by atoms with E-state index in [-0.39, 0.29) is 5.24 Å². The average molecular weight is 201 g/mol. The summed E-state index contributed by atoms with van der Waals surface area (Å²) in [6.07, 6.45) is 1.47. The molecule has 0 saturated carbocycles. The lowest BCUT2D eigenvalue weighted by atomic mass is 10.5. The smallest absolute Gasteiger partial charge is 0.222 e. The molecule has 0 amide bonds. The lowest BCUT2D eigenvalue weighted by Crippen LogP contribution is -1.90. The molecule has 0 bridgehead atoms. The predicted octanol–water partition coefficient (Wildman–Crippen LogP) is 2.50. The van der Waals surface area contributed by atoms with E-state index in [2.05, 4.69) is 0 Å². The van der Waals surface area contributed by atoms with Crippen molar-refractivity contribution in [2.24, 2.45) is 0 Å². The van der Waals surface area contributed by atoms with E-state index in [4.69, 9.17) is 23.2 Å². The minimum atomic E-state index is -0.252. The molecule has 0 aromatic heterocycles. The first kappa shape index (κ1) is 10.6. The van der Waals surface area contributed by atoms with Crippen molar-refractivity contribution in [3.8, 4) is 0 Å². The van der Waals surface area contributed by atoms with Crippen LogP contribution in [-0.2, 0) is 4.79 Å².